The lowest BCUT2D eigenvalue weighted by Gasteiger charge is -2.09. The topological polar surface area (TPSA) is 24.5 Å². The molecule has 1 aromatic heterocycles. The van der Waals surface area contributed by atoms with E-state index < -0.39 is 0 Å². The number of ether oxygens (including phenoxy) is 1. The second-order valence-corrected chi connectivity index (χ2v) is 4.43. The van der Waals surface area contributed by atoms with E-state index in [4.69, 9.17) is 4.74 Å². The zero-order chi connectivity index (χ0) is 10.4. The Morgan fingerprint density at radius 2 is 2.29 bits per heavy atom. The molecule has 0 spiro atoms. The molecule has 0 atom stereocenters. The molecule has 1 N–H and O–H groups in total. The molecule has 1 rings (SSSR count). The molecule has 0 amide bonds. The van der Waals surface area contributed by atoms with E-state index >= 15 is 0 Å². The van der Waals surface area contributed by atoms with Crippen molar-refractivity contribution in [2.45, 2.75) is 6.54 Å². The van der Waals surface area contributed by atoms with Gasteiger partial charge in [-0.15, -0.1) is 11.3 Å². The minimum atomic E-state index is 0.932. The van der Waals surface area contributed by atoms with Gasteiger partial charge in [0.1, 0.15) is 5.75 Å². The number of hydrogen-bond acceptors (Lipinski definition) is 4. The van der Waals surface area contributed by atoms with E-state index in [0.29, 0.717) is 0 Å². The average molecular weight is 214 g/mol. The number of nitrogens with zero attached hydrogens (tertiary/aromatic N) is 1. The van der Waals surface area contributed by atoms with E-state index in [1.165, 1.54) is 4.88 Å². The van der Waals surface area contributed by atoms with Crippen molar-refractivity contribution < 1.29 is 4.74 Å². The Kier molecular flexibility index (Phi) is 4.93. The molecule has 0 unspecified atom stereocenters. The SMILES string of the molecule is COc1csc(CNCCN(C)C)c1. The van der Waals surface area contributed by atoms with Gasteiger partial charge in [0.25, 0.3) is 0 Å². The number of likely N-dealkylation sites (N-methyl/N-ethyl adjacent to an activating group) is 1. The molecule has 0 bridgehead atoms. The number of thiophene rings is 1. The van der Waals surface area contributed by atoms with Crippen molar-refractivity contribution in [3.05, 3.63) is 16.3 Å². The molecule has 4 heteroatoms. The van der Waals surface area contributed by atoms with Crippen molar-refractivity contribution in [2.24, 2.45) is 0 Å². The van der Waals surface area contributed by atoms with Crippen molar-refractivity contribution in [1.29, 1.82) is 0 Å². The number of hydrogen-bond donors (Lipinski definition) is 1. The Labute approximate surface area is 89.7 Å². The molecule has 0 aromatic carbocycles. The van der Waals surface area contributed by atoms with Gasteiger partial charge in [-0.2, -0.15) is 0 Å². The van der Waals surface area contributed by atoms with Crippen molar-refractivity contribution >= 4 is 11.3 Å². The van der Waals surface area contributed by atoms with Gasteiger partial charge in [-0.1, -0.05) is 0 Å². The van der Waals surface area contributed by atoms with E-state index in [-0.39, 0.29) is 0 Å². The van der Waals surface area contributed by atoms with Crippen LogP contribution in [0.1, 0.15) is 4.88 Å². The third-order valence-corrected chi connectivity index (χ3v) is 2.82. The smallest absolute Gasteiger partial charge is 0.129 e. The van der Waals surface area contributed by atoms with Crippen molar-refractivity contribution in [3.8, 4) is 5.75 Å². The molecule has 0 fully saturated rings. The van der Waals surface area contributed by atoms with Gasteiger partial charge in [0.15, 0.2) is 0 Å². The van der Waals surface area contributed by atoms with Crippen LogP contribution in [-0.2, 0) is 6.54 Å². The molecule has 0 saturated heterocycles. The first-order chi connectivity index (χ1) is 6.72. The standard InChI is InChI=1S/C10H18N2OS/c1-12(2)5-4-11-7-10-6-9(13-3)8-14-10/h6,8,11H,4-5,7H2,1-3H3. The fourth-order valence-electron chi connectivity index (χ4n) is 1.07. The molecular formula is C10H18N2OS. The Balaban J connectivity index is 2.18. The molecule has 14 heavy (non-hydrogen) atoms. The zero-order valence-electron chi connectivity index (χ0n) is 9.04. The van der Waals surface area contributed by atoms with Crippen LogP contribution in [0.15, 0.2) is 11.4 Å². The third-order valence-electron chi connectivity index (χ3n) is 1.90. The lowest BCUT2D eigenvalue weighted by atomic mass is 10.4. The van der Waals surface area contributed by atoms with E-state index in [2.05, 4.69) is 30.4 Å². The van der Waals surface area contributed by atoms with Gasteiger partial charge in [0.2, 0.25) is 0 Å². The van der Waals surface area contributed by atoms with Gasteiger partial charge >= 0.3 is 0 Å². The first-order valence-corrected chi connectivity index (χ1v) is 5.57. The first-order valence-electron chi connectivity index (χ1n) is 4.69. The molecule has 1 heterocycles. The summed E-state index contributed by atoms with van der Waals surface area (Å²) in [5, 5.41) is 5.41. The molecule has 0 aliphatic rings. The maximum absolute atomic E-state index is 5.11. The summed E-state index contributed by atoms with van der Waals surface area (Å²) in [5.74, 6) is 0.958. The van der Waals surface area contributed by atoms with Crippen LogP contribution in [0.3, 0.4) is 0 Å². The summed E-state index contributed by atoms with van der Waals surface area (Å²) in [6.07, 6.45) is 0. The van der Waals surface area contributed by atoms with Crippen molar-refractivity contribution in [2.75, 3.05) is 34.3 Å². The summed E-state index contributed by atoms with van der Waals surface area (Å²) in [7, 11) is 5.86. The molecule has 1 aromatic rings. The third kappa shape index (κ3) is 4.09. The van der Waals surface area contributed by atoms with Crippen molar-refractivity contribution in [3.63, 3.8) is 0 Å². The molecular weight excluding hydrogens is 196 g/mol. The van der Waals surface area contributed by atoms with Gasteiger partial charge in [-0.3, -0.25) is 0 Å². The van der Waals surface area contributed by atoms with Crippen LogP contribution in [0.4, 0.5) is 0 Å². The highest BCUT2D eigenvalue weighted by Crippen LogP contribution is 2.20. The Bertz CT molecular complexity index is 260. The molecule has 80 valence electrons. The second-order valence-electron chi connectivity index (χ2n) is 3.43. The predicted molar refractivity (Wildman–Crippen MR) is 61.1 cm³/mol. The molecule has 0 saturated carbocycles. The van der Waals surface area contributed by atoms with Gasteiger partial charge in [-0.05, 0) is 20.2 Å². The normalized spacial score (nSPS) is 10.9. The Morgan fingerprint density at radius 3 is 2.86 bits per heavy atom. The lowest BCUT2D eigenvalue weighted by molar-refractivity contribution is 0.400. The summed E-state index contributed by atoms with van der Waals surface area (Å²) < 4.78 is 5.11. The quantitative estimate of drug-likeness (QED) is 0.725. The summed E-state index contributed by atoms with van der Waals surface area (Å²) in [6, 6.07) is 2.08. The van der Waals surface area contributed by atoms with Crippen LogP contribution in [0.25, 0.3) is 0 Å². The van der Waals surface area contributed by atoms with Crippen LogP contribution < -0.4 is 10.1 Å². The largest absolute Gasteiger partial charge is 0.496 e. The Morgan fingerprint density at radius 1 is 1.50 bits per heavy atom. The Hall–Kier alpha value is -0.580. The van der Waals surface area contributed by atoms with Crippen LogP contribution in [0.2, 0.25) is 0 Å². The second kappa shape index (κ2) is 6.01. The molecule has 0 aliphatic carbocycles. The zero-order valence-corrected chi connectivity index (χ0v) is 9.86. The highest BCUT2D eigenvalue weighted by molar-refractivity contribution is 7.10. The monoisotopic (exact) mass is 214 g/mol. The molecule has 0 aliphatic heterocycles. The lowest BCUT2D eigenvalue weighted by Crippen LogP contribution is -2.25. The fraction of sp³-hybridized carbons (Fsp3) is 0.600. The van der Waals surface area contributed by atoms with Crippen LogP contribution in [0, 0.1) is 0 Å². The van der Waals surface area contributed by atoms with E-state index in [0.717, 1.165) is 25.4 Å². The van der Waals surface area contributed by atoms with E-state index in [1.807, 2.05) is 5.38 Å². The van der Waals surface area contributed by atoms with Crippen LogP contribution in [-0.4, -0.2) is 39.2 Å². The van der Waals surface area contributed by atoms with Gasteiger partial charge in [-0.25, -0.2) is 0 Å². The number of rotatable bonds is 6. The minimum absolute atomic E-state index is 0.932. The van der Waals surface area contributed by atoms with Gasteiger partial charge < -0.3 is 15.0 Å². The first kappa shape index (κ1) is 11.5. The summed E-state index contributed by atoms with van der Waals surface area (Å²) >= 11 is 1.73. The average Bonchev–Trinajstić information content (AvgIpc) is 2.60. The molecule has 0 radical (unpaired) electrons. The summed E-state index contributed by atoms with van der Waals surface area (Å²) in [5.41, 5.74) is 0. The predicted octanol–water partition coefficient (Wildman–Crippen LogP) is 1.41. The summed E-state index contributed by atoms with van der Waals surface area (Å²) in [4.78, 5) is 3.49. The minimum Gasteiger partial charge on any atom is -0.496 e. The summed E-state index contributed by atoms with van der Waals surface area (Å²) in [6.45, 7) is 3.03. The highest BCUT2D eigenvalue weighted by Gasteiger charge is 1.98. The van der Waals surface area contributed by atoms with E-state index in [1.54, 1.807) is 18.4 Å². The van der Waals surface area contributed by atoms with Crippen LogP contribution >= 0.6 is 11.3 Å². The van der Waals surface area contributed by atoms with Gasteiger partial charge in [0.05, 0.1) is 7.11 Å². The molecule has 3 nitrogen and oxygen atoms in total. The highest BCUT2D eigenvalue weighted by atomic mass is 32.1. The van der Waals surface area contributed by atoms with E-state index in [9.17, 15) is 0 Å². The number of methoxy groups -OCH3 is 1. The number of nitrogens with one attached hydrogen (secondary N) is 1. The maximum Gasteiger partial charge on any atom is 0.129 e. The van der Waals surface area contributed by atoms with Crippen molar-refractivity contribution in [1.82, 2.24) is 10.2 Å². The van der Waals surface area contributed by atoms with Crippen LogP contribution in [0.5, 0.6) is 5.75 Å². The maximum atomic E-state index is 5.11. The fourth-order valence-corrected chi connectivity index (χ4v) is 1.88. The van der Waals surface area contributed by atoms with Gasteiger partial charge in [0, 0.05) is 29.9 Å².